The Labute approximate surface area is 125 Å². The molecule has 2 atom stereocenters. The van der Waals surface area contributed by atoms with Crippen LogP contribution in [-0.4, -0.2) is 67.6 Å². The molecule has 1 aliphatic carbocycles. The molecule has 0 aromatic carbocycles. The molecule has 0 aliphatic heterocycles. The second-order valence-corrected chi connectivity index (χ2v) is 5.81. The maximum Gasteiger partial charge on any atom is 0.323 e. The topological polar surface area (TPSA) is 88.1 Å². The van der Waals surface area contributed by atoms with Crippen LogP contribution in [0, 0.1) is 5.41 Å². The molecule has 0 heterocycles. The minimum absolute atomic E-state index is 0.0135. The molecule has 2 N–H and O–H groups in total. The van der Waals surface area contributed by atoms with E-state index < -0.39 is 5.97 Å². The minimum atomic E-state index is -1.04. The lowest BCUT2D eigenvalue weighted by atomic mass is 9.64. The molecule has 2 amide bonds. The summed E-state index contributed by atoms with van der Waals surface area (Å²) in [7, 11) is 1.51. The zero-order valence-electron chi connectivity index (χ0n) is 13.2. The number of urea groups is 1. The number of ether oxygens (including phenoxy) is 2. The van der Waals surface area contributed by atoms with E-state index in [9.17, 15) is 9.59 Å². The van der Waals surface area contributed by atoms with Crippen molar-refractivity contribution in [1.29, 1.82) is 0 Å². The number of aliphatic carboxylic acids is 1. The third-order valence-corrected chi connectivity index (χ3v) is 4.02. The quantitative estimate of drug-likeness (QED) is 0.696. The predicted molar refractivity (Wildman–Crippen MR) is 77.2 cm³/mol. The van der Waals surface area contributed by atoms with Crippen LogP contribution >= 0.6 is 0 Å². The van der Waals surface area contributed by atoms with Crippen LogP contribution in [0.3, 0.4) is 0 Å². The van der Waals surface area contributed by atoms with Crippen LogP contribution in [0.2, 0.25) is 0 Å². The lowest BCUT2D eigenvalue weighted by Crippen LogP contribution is -2.63. The summed E-state index contributed by atoms with van der Waals surface area (Å²) in [5.41, 5.74) is -0.151. The van der Waals surface area contributed by atoms with Gasteiger partial charge in [-0.2, -0.15) is 0 Å². The average Bonchev–Trinajstić information content (AvgIpc) is 2.41. The van der Waals surface area contributed by atoms with E-state index in [0.717, 1.165) is 6.42 Å². The van der Waals surface area contributed by atoms with Crippen LogP contribution < -0.4 is 5.32 Å². The van der Waals surface area contributed by atoms with Crippen molar-refractivity contribution in [2.24, 2.45) is 5.41 Å². The second kappa shape index (κ2) is 7.61. The van der Waals surface area contributed by atoms with Gasteiger partial charge in [-0.3, -0.25) is 4.79 Å². The number of carboxylic acid groups (broad SMARTS) is 1. The Balaban J connectivity index is 2.55. The van der Waals surface area contributed by atoms with Gasteiger partial charge in [0.05, 0.1) is 12.7 Å². The summed E-state index contributed by atoms with van der Waals surface area (Å²) < 4.78 is 10.5. The number of carbonyl (C=O) groups is 2. The van der Waals surface area contributed by atoms with E-state index in [4.69, 9.17) is 14.6 Å². The van der Waals surface area contributed by atoms with Gasteiger partial charge in [0.25, 0.3) is 0 Å². The van der Waals surface area contributed by atoms with E-state index >= 15 is 0 Å². The maximum absolute atomic E-state index is 12.2. The van der Waals surface area contributed by atoms with Gasteiger partial charge in [-0.25, -0.2) is 4.79 Å². The summed E-state index contributed by atoms with van der Waals surface area (Å²) >= 11 is 0. The van der Waals surface area contributed by atoms with Crippen LogP contribution in [0.15, 0.2) is 0 Å². The Morgan fingerprint density at radius 3 is 2.57 bits per heavy atom. The summed E-state index contributed by atoms with van der Waals surface area (Å²) in [6.07, 6.45) is 0.873. The molecule has 1 rings (SSSR count). The molecule has 2 unspecified atom stereocenters. The lowest BCUT2D eigenvalue weighted by molar-refractivity contribution is -0.138. The number of amides is 2. The molecule has 7 heteroatoms. The molecular formula is C14H26N2O5. The normalized spacial score (nSPS) is 23.2. The molecule has 0 aromatic heterocycles. The van der Waals surface area contributed by atoms with Gasteiger partial charge < -0.3 is 24.8 Å². The van der Waals surface area contributed by atoms with Crippen LogP contribution in [-0.2, 0) is 14.3 Å². The first-order chi connectivity index (χ1) is 9.82. The Bertz CT molecular complexity index is 372. The monoisotopic (exact) mass is 302 g/mol. The fourth-order valence-electron chi connectivity index (χ4n) is 2.47. The molecule has 0 spiro atoms. The van der Waals surface area contributed by atoms with Gasteiger partial charge in [-0.05, 0) is 13.3 Å². The van der Waals surface area contributed by atoms with Crippen molar-refractivity contribution in [3.05, 3.63) is 0 Å². The van der Waals surface area contributed by atoms with Gasteiger partial charge >= 0.3 is 12.0 Å². The molecule has 0 radical (unpaired) electrons. The fraction of sp³-hybridized carbons (Fsp3) is 0.857. The number of rotatable bonds is 8. The van der Waals surface area contributed by atoms with E-state index in [2.05, 4.69) is 5.32 Å². The highest BCUT2D eigenvalue weighted by molar-refractivity contribution is 5.80. The van der Waals surface area contributed by atoms with Crippen molar-refractivity contribution < 1.29 is 24.2 Å². The fourth-order valence-corrected chi connectivity index (χ4v) is 2.47. The van der Waals surface area contributed by atoms with Gasteiger partial charge in [-0.15, -0.1) is 0 Å². The summed E-state index contributed by atoms with van der Waals surface area (Å²) in [6.45, 7) is 6.89. The molecular weight excluding hydrogens is 276 g/mol. The van der Waals surface area contributed by atoms with Gasteiger partial charge in [0.2, 0.25) is 0 Å². The number of carboxylic acids is 1. The highest BCUT2D eigenvalue weighted by Crippen LogP contribution is 2.42. The zero-order valence-corrected chi connectivity index (χ0v) is 13.2. The van der Waals surface area contributed by atoms with Crippen molar-refractivity contribution in [1.82, 2.24) is 10.2 Å². The SMILES string of the molecule is CCOC1CC(NC(=O)N(CCOC)CC(=O)O)C1(C)C. The van der Waals surface area contributed by atoms with Crippen molar-refractivity contribution in [2.75, 3.05) is 33.4 Å². The van der Waals surface area contributed by atoms with E-state index in [1.165, 1.54) is 12.0 Å². The molecule has 0 bridgehead atoms. The lowest BCUT2D eigenvalue weighted by Gasteiger charge is -2.51. The van der Waals surface area contributed by atoms with Crippen LogP contribution in [0.25, 0.3) is 0 Å². The smallest absolute Gasteiger partial charge is 0.323 e. The standard InChI is InChI=1S/C14H26N2O5/c1-5-21-11-8-10(14(11,2)3)15-13(19)16(6-7-20-4)9-12(17)18/h10-11H,5-9H2,1-4H3,(H,15,19)(H,17,18). The van der Waals surface area contributed by atoms with Gasteiger partial charge in [-0.1, -0.05) is 13.8 Å². The number of methoxy groups -OCH3 is 1. The van der Waals surface area contributed by atoms with Crippen LogP contribution in [0.4, 0.5) is 4.79 Å². The molecule has 1 aliphatic rings. The highest BCUT2D eigenvalue weighted by Gasteiger charge is 2.49. The molecule has 0 saturated heterocycles. The third kappa shape index (κ3) is 4.57. The summed E-state index contributed by atoms with van der Waals surface area (Å²) in [6, 6.07) is -0.386. The number of hydrogen-bond acceptors (Lipinski definition) is 4. The molecule has 122 valence electrons. The predicted octanol–water partition coefficient (Wildman–Crippen LogP) is 0.933. The first-order valence-electron chi connectivity index (χ1n) is 7.20. The number of nitrogens with zero attached hydrogens (tertiary/aromatic N) is 1. The van der Waals surface area contributed by atoms with Crippen LogP contribution in [0.5, 0.6) is 0 Å². The summed E-state index contributed by atoms with van der Waals surface area (Å²) in [5.74, 6) is -1.04. The van der Waals surface area contributed by atoms with Gasteiger partial charge in [0.1, 0.15) is 6.54 Å². The first-order valence-corrected chi connectivity index (χ1v) is 7.20. The molecule has 21 heavy (non-hydrogen) atoms. The zero-order chi connectivity index (χ0) is 16.0. The third-order valence-electron chi connectivity index (χ3n) is 4.02. The number of hydrogen-bond donors (Lipinski definition) is 2. The molecule has 7 nitrogen and oxygen atoms in total. The Kier molecular flexibility index (Phi) is 6.42. The van der Waals surface area contributed by atoms with Crippen molar-refractivity contribution in [3.63, 3.8) is 0 Å². The van der Waals surface area contributed by atoms with E-state index in [1.807, 2.05) is 20.8 Å². The largest absolute Gasteiger partial charge is 0.480 e. The number of carbonyl (C=O) groups excluding carboxylic acids is 1. The van der Waals surface area contributed by atoms with E-state index in [-0.39, 0.29) is 36.7 Å². The Hall–Kier alpha value is -1.34. The van der Waals surface area contributed by atoms with Gasteiger partial charge in [0, 0.05) is 31.7 Å². The Morgan fingerprint density at radius 2 is 2.10 bits per heavy atom. The first kappa shape index (κ1) is 17.7. The van der Waals surface area contributed by atoms with Crippen molar-refractivity contribution in [3.8, 4) is 0 Å². The maximum atomic E-state index is 12.2. The van der Waals surface area contributed by atoms with Gasteiger partial charge in [0.15, 0.2) is 0 Å². The summed E-state index contributed by atoms with van der Waals surface area (Å²) in [4.78, 5) is 24.3. The molecule has 1 fully saturated rings. The average molecular weight is 302 g/mol. The molecule has 0 aromatic rings. The summed E-state index contributed by atoms with van der Waals surface area (Å²) in [5, 5.41) is 11.8. The number of nitrogens with one attached hydrogen (secondary N) is 1. The second-order valence-electron chi connectivity index (χ2n) is 5.81. The molecule has 1 saturated carbocycles. The minimum Gasteiger partial charge on any atom is -0.480 e. The van der Waals surface area contributed by atoms with Crippen molar-refractivity contribution >= 4 is 12.0 Å². The van der Waals surface area contributed by atoms with E-state index in [1.54, 1.807) is 0 Å². The van der Waals surface area contributed by atoms with Crippen LogP contribution in [0.1, 0.15) is 27.2 Å². The highest BCUT2D eigenvalue weighted by atomic mass is 16.5. The van der Waals surface area contributed by atoms with Crippen molar-refractivity contribution in [2.45, 2.75) is 39.3 Å². The van der Waals surface area contributed by atoms with E-state index in [0.29, 0.717) is 13.2 Å². The Morgan fingerprint density at radius 1 is 1.43 bits per heavy atom.